The molecule has 2 heterocycles. The summed E-state index contributed by atoms with van der Waals surface area (Å²) < 4.78 is 16.0. The lowest BCUT2D eigenvalue weighted by molar-refractivity contribution is 0.628. The van der Waals surface area contributed by atoms with E-state index in [2.05, 4.69) is 46.9 Å². The highest BCUT2D eigenvalue weighted by Crippen LogP contribution is 2.22. The predicted molar refractivity (Wildman–Crippen MR) is 71.6 cm³/mol. The van der Waals surface area contributed by atoms with Crippen LogP contribution in [-0.2, 0) is 0 Å². The van der Waals surface area contributed by atoms with Crippen LogP contribution in [0.1, 0.15) is 0 Å². The van der Waals surface area contributed by atoms with Crippen LogP contribution in [0.5, 0.6) is 0 Å². The zero-order chi connectivity index (χ0) is 12.7. The molecule has 0 atom stereocenters. The fourth-order valence-corrected chi connectivity index (χ4v) is 2.65. The quantitative estimate of drug-likeness (QED) is 0.657. The molecule has 0 amide bonds. The molecular formula is C11H5Br2FN4. The van der Waals surface area contributed by atoms with Gasteiger partial charge in [-0.15, -0.1) is 5.10 Å². The molecule has 0 bridgehead atoms. The van der Waals surface area contributed by atoms with E-state index in [0.717, 1.165) is 0 Å². The molecule has 0 aliphatic rings. The summed E-state index contributed by atoms with van der Waals surface area (Å²) in [6, 6.07) is 6.16. The van der Waals surface area contributed by atoms with Crippen LogP contribution in [0, 0.1) is 5.82 Å². The Hall–Kier alpha value is -1.34. The van der Waals surface area contributed by atoms with Gasteiger partial charge in [-0.3, -0.25) is 0 Å². The molecule has 7 heteroatoms. The highest BCUT2D eigenvalue weighted by atomic mass is 79.9. The molecule has 0 saturated carbocycles. The number of nitrogens with zero attached hydrogens (tertiary/aromatic N) is 4. The minimum absolute atomic E-state index is 0.315. The molecule has 90 valence electrons. The molecule has 0 aliphatic heterocycles. The summed E-state index contributed by atoms with van der Waals surface area (Å²) in [5.41, 5.74) is 1.21. The summed E-state index contributed by atoms with van der Waals surface area (Å²) >= 11 is 6.58. The number of fused-ring (bicyclic) bond motifs is 1. The molecule has 0 saturated heterocycles. The number of benzene rings is 1. The van der Waals surface area contributed by atoms with Gasteiger partial charge in [0.05, 0.1) is 6.20 Å². The maximum Gasteiger partial charge on any atom is 0.189 e. The van der Waals surface area contributed by atoms with Gasteiger partial charge in [-0.05, 0) is 44.0 Å². The second kappa shape index (κ2) is 4.40. The van der Waals surface area contributed by atoms with E-state index in [0.29, 0.717) is 26.2 Å². The van der Waals surface area contributed by atoms with E-state index < -0.39 is 0 Å². The Kier molecular flexibility index (Phi) is 2.87. The molecule has 2 aromatic heterocycles. The molecule has 4 nitrogen and oxygen atoms in total. The highest BCUT2D eigenvalue weighted by molar-refractivity contribution is 9.11. The van der Waals surface area contributed by atoms with E-state index in [1.807, 2.05) is 0 Å². The van der Waals surface area contributed by atoms with Gasteiger partial charge in [-0.25, -0.2) is 18.9 Å². The highest BCUT2D eigenvalue weighted by Gasteiger charge is 2.11. The van der Waals surface area contributed by atoms with E-state index in [-0.39, 0.29) is 5.82 Å². The smallest absolute Gasteiger partial charge is 0.189 e. The van der Waals surface area contributed by atoms with Crippen molar-refractivity contribution in [2.45, 2.75) is 0 Å². The van der Waals surface area contributed by atoms with Crippen LogP contribution >= 0.6 is 31.9 Å². The van der Waals surface area contributed by atoms with Crippen LogP contribution in [0.25, 0.3) is 17.0 Å². The van der Waals surface area contributed by atoms with Crippen molar-refractivity contribution >= 4 is 37.5 Å². The van der Waals surface area contributed by atoms with Gasteiger partial charge in [0.15, 0.2) is 16.1 Å². The lowest BCUT2D eigenvalue weighted by Gasteiger charge is -1.94. The molecule has 18 heavy (non-hydrogen) atoms. The van der Waals surface area contributed by atoms with Gasteiger partial charge in [0.1, 0.15) is 10.4 Å². The Labute approximate surface area is 118 Å². The van der Waals surface area contributed by atoms with Gasteiger partial charge in [0.25, 0.3) is 0 Å². The standard InChI is InChI=1S/C11H5Br2FN4/c12-8-5-18-11(9(13)15-8)16-10(17-18)6-2-1-3-7(14)4-6/h1-5H. The predicted octanol–water partition coefficient (Wildman–Crippen LogP) is 3.46. The van der Waals surface area contributed by atoms with E-state index in [1.54, 1.807) is 22.8 Å². The maximum absolute atomic E-state index is 13.2. The van der Waals surface area contributed by atoms with Crippen LogP contribution in [0.2, 0.25) is 0 Å². The molecule has 0 unspecified atom stereocenters. The molecule has 0 N–H and O–H groups in total. The Bertz CT molecular complexity index is 741. The van der Waals surface area contributed by atoms with Gasteiger partial charge >= 0.3 is 0 Å². The number of halogens is 3. The molecule has 0 aliphatic carbocycles. The number of hydrogen-bond acceptors (Lipinski definition) is 3. The third kappa shape index (κ3) is 2.04. The average Bonchev–Trinajstić information content (AvgIpc) is 2.73. The van der Waals surface area contributed by atoms with Gasteiger partial charge in [-0.1, -0.05) is 12.1 Å². The SMILES string of the molecule is Fc1cccc(-c2nc3c(Br)nc(Br)cn3n2)c1. The largest absolute Gasteiger partial charge is 0.228 e. The maximum atomic E-state index is 13.2. The average molecular weight is 372 g/mol. The molecule has 3 rings (SSSR count). The van der Waals surface area contributed by atoms with E-state index in [9.17, 15) is 4.39 Å². The first kappa shape index (κ1) is 11.7. The fraction of sp³-hybridized carbons (Fsp3) is 0. The summed E-state index contributed by atoms with van der Waals surface area (Å²) in [5.74, 6) is 0.139. The minimum atomic E-state index is -0.315. The van der Waals surface area contributed by atoms with Crippen molar-refractivity contribution in [1.82, 2.24) is 19.6 Å². The van der Waals surface area contributed by atoms with Gasteiger partial charge < -0.3 is 0 Å². The second-order valence-electron chi connectivity index (χ2n) is 3.57. The van der Waals surface area contributed by atoms with Gasteiger partial charge in [0, 0.05) is 5.56 Å². The van der Waals surface area contributed by atoms with Crippen LogP contribution in [0.4, 0.5) is 4.39 Å². The molecule has 3 aromatic rings. The van der Waals surface area contributed by atoms with Crippen LogP contribution in [-0.4, -0.2) is 19.6 Å². The van der Waals surface area contributed by atoms with Crippen LogP contribution in [0.15, 0.2) is 39.7 Å². The van der Waals surface area contributed by atoms with Crippen LogP contribution < -0.4 is 0 Å². The minimum Gasteiger partial charge on any atom is -0.228 e. The van der Waals surface area contributed by atoms with Gasteiger partial charge in [-0.2, -0.15) is 0 Å². The molecule has 0 fully saturated rings. The Morgan fingerprint density at radius 3 is 2.78 bits per heavy atom. The lowest BCUT2D eigenvalue weighted by atomic mass is 10.2. The summed E-state index contributed by atoms with van der Waals surface area (Å²) in [6.45, 7) is 0. The fourth-order valence-electron chi connectivity index (χ4n) is 1.58. The normalized spacial score (nSPS) is 11.1. The van der Waals surface area contributed by atoms with Crippen LogP contribution in [0.3, 0.4) is 0 Å². The number of hydrogen-bond donors (Lipinski definition) is 0. The first-order valence-corrected chi connectivity index (χ1v) is 6.56. The van der Waals surface area contributed by atoms with E-state index >= 15 is 0 Å². The monoisotopic (exact) mass is 370 g/mol. The second-order valence-corrected chi connectivity index (χ2v) is 5.13. The number of aromatic nitrogens is 4. The van der Waals surface area contributed by atoms with Crippen molar-refractivity contribution < 1.29 is 4.39 Å². The van der Waals surface area contributed by atoms with Crippen molar-refractivity contribution in [3.05, 3.63) is 45.5 Å². The summed E-state index contributed by atoms with van der Waals surface area (Å²) in [7, 11) is 0. The first-order chi connectivity index (χ1) is 8.63. The van der Waals surface area contributed by atoms with Crippen molar-refractivity contribution in [2.75, 3.05) is 0 Å². The number of rotatable bonds is 1. The van der Waals surface area contributed by atoms with Gasteiger partial charge in [0.2, 0.25) is 0 Å². The third-order valence-corrected chi connectivity index (χ3v) is 3.25. The van der Waals surface area contributed by atoms with E-state index in [4.69, 9.17) is 0 Å². The Morgan fingerprint density at radius 1 is 1.17 bits per heavy atom. The summed E-state index contributed by atoms with van der Waals surface area (Å²) in [6.07, 6.45) is 1.69. The molecule has 1 aromatic carbocycles. The molecule has 0 spiro atoms. The topological polar surface area (TPSA) is 43.1 Å². The Balaban J connectivity index is 2.22. The summed E-state index contributed by atoms with van der Waals surface area (Å²) in [4.78, 5) is 8.48. The van der Waals surface area contributed by atoms with Crippen molar-refractivity contribution in [3.8, 4) is 11.4 Å². The van der Waals surface area contributed by atoms with Crippen molar-refractivity contribution in [3.63, 3.8) is 0 Å². The van der Waals surface area contributed by atoms with Crippen molar-refractivity contribution in [2.24, 2.45) is 0 Å². The molecule has 0 radical (unpaired) electrons. The zero-order valence-electron chi connectivity index (χ0n) is 8.81. The molecular weight excluding hydrogens is 367 g/mol. The van der Waals surface area contributed by atoms with Crippen molar-refractivity contribution in [1.29, 1.82) is 0 Å². The lowest BCUT2D eigenvalue weighted by Crippen LogP contribution is -1.91. The zero-order valence-corrected chi connectivity index (χ0v) is 12.0. The first-order valence-electron chi connectivity index (χ1n) is 4.98. The summed E-state index contributed by atoms with van der Waals surface area (Å²) in [5, 5.41) is 4.28. The third-order valence-electron chi connectivity index (χ3n) is 2.33. The van der Waals surface area contributed by atoms with E-state index in [1.165, 1.54) is 12.1 Å². The Morgan fingerprint density at radius 2 is 2.00 bits per heavy atom.